The van der Waals surface area contributed by atoms with Crippen molar-refractivity contribution in [2.45, 2.75) is 0 Å². The summed E-state index contributed by atoms with van der Waals surface area (Å²) in [5.41, 5.74) is 0.461. The molecule has 164 valence electrons. The second kappa shape index (κ2) is 8.64. The zero-order valence-electron chi connectivity index (χ0n) is 16.7. The third-order valence-corrected chi connectivity index (χ3v) is 5.19. The number of benzene rings is 3. The van der Waals surface area contributed by atoms with Crippen LogP contribution >= 0.6 is 11.6 Å². The summed E-state index contributed by atoms with van der Waals surface area (Å²) in [6.45, 7) is -0.600. The molecule has 0 aromatic heterocycles. The van der Waals surface area contributed by atoms with Gasteiger partial charge in [-0.15, -0.1) is 0 Å². The summed E-state index contributed by atoms with van der Waals surface area (Å²) >= 11 is 5.86. The largest absolute Gasteiger partial charge is 0.454 e. The molecular weight excluding hydrogens is 452 g/mol. The number of ketones is 1. The first-order valence-corrected chi connectivity index (χ1v) is 9.87. The van der Waals surface area contributed by atoms with E-state index in [9.17, 15) is 29.3 Å². The van der Waals surface area contributed by atoms with Crippen LogP contribution in [0.5, 0.6) is 0 Å². The van der Waals surface area contributed by atoms with Gasteiger partial charge in [0.15, 0.2) is 12.4 Å². The molecule has 0 unspecified atom stereocenters. The minimum absolute atomic E-state index is 0.00986. The monoisotopic (exact) mass is 464 g/mol. The van der Waals surface area contributed by atoms with E-state index in [1.54, 1.807) is 12.1 Å². The van der Waals surface area contributed by atoms with Gasteiger partial charge in [-0.2, -0.15) is 0 Å². The number of hydrogen-bond donors (Lipinski definition) is 0. The zero-order chi connectivity index (χ0) is 23.7. The molecule has 10 heteroatoms. The highest BCUT2D eigenvalue weighted by molar-refractivity contribution is 6.35. The van der Waals surface area contributed by atoms with Gasteiger partial charge in [0, 0.05) is 22.7 Å². The zero-order valence-corrected chi connectivity index (χ0v) is 17.4. The molecule has 0 fully saturated rings. The number of anilines is 1. The fourth-order valence-corrected chi connectivity index (χ4v) is 3.39. The molecule has 2 amide bonds. The first-order valence-electron chi connectivity index (χ1n) is 9.49. The third kappa shape index (κ3) is 4.21. The Labute approximate surface area is 191 Å². The Morgan fingerprint density at radius 3 is 2.12 bits per heavy atom. The Morgan fingerprint density at radius 1 is 0.879 bits per heavy atom. The maximum absolute atomic E-state index is 12.8. The average molecular weight is 465 g/mol. The second-order valence-electron chi connectivity index (χ2n) is 6.99. The molecule has 0 saturated heterocycles. The first kappa shape index (κ1) is 21.8. The highest BCUT2D eigenvalue weighted by Crippen LogP contribution is 2.30. The van der Waals surface area contributed by atoms with Crippen LogP contribution in [0.2, 0.25) is 5.02 Å². The lowest BCUT2D eigenvalue weighted by molar-refractivity contribution is -0.384. The highest BCUT2D eigenvalue weighted by atomic mass is 35.5. The lowest BCUT2D eigenvalue weighted by Gasteiger charge is -2.13. The smallest absolute Gasteiger partial charge is 0.338 e. The Bertz CT molecular complexity index is 1320. The predicted octanol–water partition coefficient (Wildman–Crippen LogP) is 4.09. The number of esters is 1. The van der Waals surface area contributed by atoms with Crippen molar-refractivity contribution in [3.8, 4) is 0 Å². The van der Waals surface area contributed by atoms with Crippen molar-refractivity contribution < 1.29 is 28.8 Å². The van der Waals surface area contributed by atoms with E-state index in [-0.39, 0.29) is 27.9 Å². The molecule has 0 N–H and O–H groups in total. The summed E-state index contributed by atoms with van der Waals surface area (Å²) < 4.78 is 5.02. The maximum atomic E-state index is 12.8. The molecule has 1 heterocycles. The Balaban J connectivity index is 1.47. The fraction of sp³-hybridized carbons (Fsp3) is 0.0435. The van der Waals surface area contributed by atoms with Gasteiger partial charge in [0.1, 0.15) is 0 Å². The number of halogens is 1. The Hall–Kier alpha value is -4.37. The number of Topliss-reactive ketones (excluding diaryl/α,β-unsaturated/α-hetero) is 1. The van der Waals surface area contributed by atoms with Crippen molar-refractivity contribution in [1.29, 1.82) is 0 Å². The van der Waals surface area contributed by atoms with Crippen LogP contribution in [-0.2, 0) is 4.74 Å². The number of fused-ring (bicyclic) bond motifs is 1. The SMILES string of the molecule is O=C(COC(=O)c1ccc2c(c1)C(=O)N(c1ccc(Cl)cc1)C2=O)c1ccc([N+](=O)[O-])cc1. The van der Waals surface area contributed by atoms with E-state index >= 15 is 0 Å². The number of nitro groups is 1. The van der Waals surface area contributed by atoms with Crippen molar-refractivity contribution >= 4 is 46.5 Å². The molecule has 3 aromatic rings. The summed E-state index contributed by atoms with van der Waals surface area (Å²) in [6, 6.07) is 14.9. The van der Waals surface area contributed by atoms with E-state index in [2.05, 4.69) is 0 Å². The van der Waals surface area contributed by atoms with Gasteiger partial charge < -0.3 is 4.74 Å². The fourth-order valence-electron chi connectivity index (χ4n) is 3.26. The van der Waals surface area contributed by atoms with Crippen molar-refractivity contribution in [3.63, 3.8) is 0 Å². The minimum Gasteiger partial charge on any atom is -0.454 e. The third-order valence-electron chi connectivity index (χ3n) is 4.94. The van der Waals surface area contributed by atoms with Gasteiger partial charge in [0.2, 0.25) is 0 Å². The Morgan fingerprint density at radius 2 is 1.48 bits per heavy atom. The van der Waals surface area contributed by atoms with E-state index in [0.717, 1.165) is 4.90 Å². The van der Waals surface area contributed by atoms with Crippen molar-refractivity contribution in [1.82, 2.24) is 0 Å². The maximum Gasteiger partial charge on any atom is 0.338 e. The van der Waals surface area contributed by atoms with Gasteiger partial charge in [-0.25, -0.2) is 9.69 Å². The summed E-state index contributed by atoms with van der Waals surface area (Å²) in [6.07, 6.45) is 0. The van der Waals surface area contributed by atoms with E-state index in [1.165, 1.54) is 54.6 Å². The van der Waals surface area contributed by atoms with Crippen LogP contribution < -0.4 is 4.90 Å². The molecule has 0 bridgehead atoms. The van der Waals surface area contributed by atoms with E-state index in [4.69, 9.17) is 16.3 Å². The number of nitro benzene ring substituents is 1. The molecule has 9 nitrogen and oxygen atoms in total. The van der Waals surface area contributed by atoms with Gasteiger partial charge in [0.05, 0.1) is 27.3 Å². The van der Waals surface area contributed by atoms with Gasteiger partial charge in [0.25, 0.3) is 17.5 Å². The molecule has 3 aromatic carbocycles. The summed E-state index contributed by atoms with van der Waals surface area (Å²) in [5.74, 6) is -2.56. The number of nitrogens with zero attached hydrogens (tertiary/aromatic N) is 2. The van der Waals surface area contributed by atoms with Gasteiger partial charge in [-0.1, -0.05) is 11.6 Å². The Kier molecular flexibility index (Phi) is 5.72. The lowest BCUT2D eigenvalue weighted by Crippen LogP contribution is -2.29. The average Bonchev–Trinajstić information content (AvgIpc) is 3.07. The molecule has 0 atom stereocenters. The molecule has 0 aliphatic carbocycles. The number of ether oxygens (including phenoxy) is 1. The van der Waals surface area contributed by atoms with Crippen LogP contribution in [0.15, 0.2) is 66.7 Å². The van der Waals surface area contributed by atoms with Crippen molar-refractivity contribution in [2.75, 3.05) is 11.5 Å². The summed E-state index contributed by atoms with van der Waals surface area (Å²) in [7, 11) is 0. The van der Waals surface area contributed by atoms with Gasteiger partial charge in [-0.3, -0.25) is 24.5 Å². The van der Waals surface area contributed by atoms with Crippen LogP contribution in [0.25, 0.3) is 0 Å². The van der Waals surface area contributed by atoms with E-state index < -0.39 is 35.1 Å². The number of carbonyl (C=O) groups excluding carboxylic acids is 4. The van der Waals surface area contributed by atoms with E-state index in [1.807, 2.05) is 0 Å². The predicted molar refractivity (Wildman–Crippen MR) is 117 cm³/mol. The lowest BCUT2D eigenvalue weighted by atomic mass is 10.1. The molecular formula is C23H13ClN2O7. The normalized spacial score (nSPS) is 12.5. The number of amides is 2. The van der Waals surface area contributed by atoms with Crippen LogP contribution in [0.3, 0.4) is 0 Å². The van der Waals surface area contributed by atoms with Gasteiger partial charge >= 0.3 is 5.97 Å². The minimum atomic E-state index is -0.863. The summed E-state index contributed by atoms with van der Waals surface area (Å²) in [5, 5.41) is 11.1. The van der Waals surface area contributed by atoms with Crippen LogP contribution in [0.1, 0.15) is 41.4 Å². The number of imide groups is 1. The van der Waals surface area contributed by atoms with Crippen LogP contribution in [0.4, 0.5) is 11.4 Å². The second-order valence-corrected chi connectivity index (χ2v) is 7.42. The highest BCUT2D eigenvalue weighted by Gasteiger charge is 2.37. The number of hydrogen-bond acceptors (Lipinski definition) is 7. The van der Waals surface area contributed by atoms with Crippen molar-refractivity contribution in [3.05, 3.63) is 104 Å². The molecule has 1 aliphatic rings. The topological polar surface area (TPSA) is 124 Å². The van der Waals surface area contributed by atoms with E-state index in [0.29, 0.717) is 10.7 Å². The molecule has 33 heavy (non-hydrogen) atoms. The first-order chi connectivity index (χ1) is 15.8. The molecule has 0 spiro atoms. The standard InChI is InChI=1S/C23H13ClN2O7/c24-15-4-8-16(9-5-15)25-21(28)18-10-3-14(11-19(18)22(25)29)23(30)33-12-20(27)13-1-6-17(7-2-13)26(31)32/h1-11H,12H2. The van der Waals surface area contributed by atoms with Crippen molar-refractivity contribution in [2.24, 2.45) is 0 Å². The molecule has 4 rings (SSSR count). The number of rotatable bonds is 6. The summed E-state index contributed by atoms with van der Waals surface area (Å²) in [4.78, 5) is 61.2. The molecule has 1 aliphatic heterocycles. The number of non-ortho nitro benzene ring substituents is 1. The van der Waals surface area contributed by atoms with Crippen LogP contribution in [-0.4, -0.2) is 35.1 Å². The number of carbonyl (C=O) groups is 4. The molecule has 0 radical (unpaired) electrons. The van der Waals surface area contributed by atoms with Crippen LogP contribution in [0, 0.1) is 10.1 Å². The molecule has 0 saturated carbocycles. The quantitative estimate of drug-likeness (QED) is 0.177. The van der Waals surface area contributed by atoms with Gasteiger partial charge in [-0.05, 0) is 54.6 Å².